The second-order valence-electron chi connectivity index (χ2n) is 4.72. The zero-order valence-electron chi connectivity index (χ0n) is 10.8. The van der Waals surface area contributed by atoms with Gasteiger partial charge in [-0.3, -0.25) is 4.68 Å². The number of carbonyl (C=O) groups is 1. The van der Waals surface area contributed by atoms with Crippen LogP contribution in [0.4, 0.5) is 4.39 Å². The molecule has 1 aromatic heterocycles. The lowest BCUT2D eigenvalue weighted by Crippen LogP contribution is -2.02. The van der Waals surface area contributed by atoms with Crippen molar-refractivity contribution in [1.82, 2.24) is 9.78 Å². The maximum absolute atomic E-state index is 13.1. The molecule has 100 valence electrons. The molecule has 0 unspecified atom stereocenters. The van der Waals surface area contributed by atoms with Crippen molar-refractivity contribution < 1.29 is 14.3 Å². The van der Waals surface area contributed by atoms with Crippen molar-refractivity contribution in [3.8, 4) is 0 Å². The first-order valence-electron chi connectivity index (χ1n) is 6.02. The number of hydrogen-bond acceptors (Lipinski definition) is 2. The number of carboxylic acids is 1. The van der Waals surface area contributed by atoms with Crippen LogP contribution >= 0.6 is 0 Å². The quantitative estimate of drug-likeness (QED) is 0.921. The summed E-state index contributed by atoms with van der Waals surface area (Å²) in [7, 11) is 0. The summed E-state index contributed by atoms with van der Waals surface area (Å²) in [4.78, 5) is 11.1. The van der Waals surface area contributed by atoms with Crippen molar-refractivity contribution in [2.24, 2.45) is 0 Å². The molecule has 0 atom stereocenters. The van der Waals surface area contributed by atoms with Crippen LogP contribution in [0.15, 0.2) is 30.5 Å². The summed E-state index contributed by atoms with van der Waals surface area (Å²) in [5.41, 5.74) is 1.49. The lowest BCUT2D eigenvalue weighted by Gasteiger charge is -2.03. The Balaban J connectivity index is 2.31. The summed E-state index contributed by atoms with van der Waals surface area (Å²) < 4.78 is 14.6. The number of benzene rings is 1. The topological polar surface area (TPSA) is 55.1 Å². The van der Waals surface area contributed by atoms with Crippen molar-refractivity contribution in [3.63, 3.8) is 0 Å². The lowest BCUT2D eigenvalue weighted by atomic mass is 10.1. The SMILES string of the molecule is CC(C)c1nn(Cc2cccc(F)c2)cc1C(=O)O. The fourth-order valence-corrected chi connectivity index (χ4v) is 1.93. The average Bonchev–Trinajstić information content (AvgIpc) is 2.73. The first-order chi connectivity index (χ1) is 8.97. The Morgan fingerprint density at radius 3 is 2.74 bits per heavy atom. The number of aromatic carboxylic acids is 1. The third kappa shape index (κ3) is 2.99. The van der Waals surface area contributed by atoms with Gasteiger partial charge in [0, 0.05) is 6.20 Å². The molecule has 0 saturated heterocycles. The molecule has 2 rings (SSSR count). The van der Waals surface area contributed by atoms with Crippen LogP contribution in [0.2, 0.25) is 0 Å². The highest BCUT2D eigenvalue weighted by Gasteiger charge is 2.17. The van der Waals surface area contributed by atoms with E-state index in [1.54, 1.807) is 12.1 Å². The van der Waals surface area contributed by atoms with Gasteiger partial charge in [-0.2, -0.15) is 5.10 Å². The van der Waals surface area contributed by atoms with E-state index in [-0.39, 0.29) is 17.3 Å². The van der Waals surface area contributed by atoms with E-state index < -0.39 is 5.97 Å². The van der Waals surface area contributed by atoms with Crippen LogP contribution in [0.3, 0.4) is 0 Å². The number of halogens is 1. The first kappa shape index (κ1) is 13.3. The summed E-state index contributed by atoms with van der Waals surface area (Å²) in [5, 5.41) is 13.4. The van der Waals surface area contributed by atoms with Gasteiger partial charge in [0.2, 0.25) is 0 Å². The Bertz CT molecular complexity index is 605. The maximum Gasteiger partial charge on any atom is 0.339 e. The molecule has 0 amide bonds. The van der Waals surface area contributed by atoms with Gasteiger partial charge >= 0.3 is 5.97 Å². The van der Waals surface area contributed by atoms with Crippen molar-refractivity contribution in [3.05, 3.63) is 53.1 Å². The fraction of sp³-hybridized carbons (Fsp3) is 0.286. The van der Waals surface area contributed by atoms with Crippen molar-refractivity contribution in [2.75, 3.05) is 0 Å². The van der Waals surface area contributed by atoms with Crippen molar-refractivity contribution in [2.45, 2.75) is 26.3 Å². The standard InChI is InChI=1S/C14H15FN2O2/c1-9(2)13-12(14(18)19)8-17(16-13)7-10-4-3-5-11(15)6-10/h3-6,8-9H,7H2,1-2H3,(H,18,19). The number of nitrogens with zero attached hydrogens (tertiary/aromatic N) is 2. The van der Waals surface area contributed by atoms with Gasteiger partial charge in [-0.15, -0.1) is 0 Å². The average molecular weight is 262 g/mol. The van der Waals surface area contributed by atoms with E-state index in [9.17, 15) is 9.18 Å². The van der Waals surface area contributed by atoms with Gasteiger partial charge in [0.05, 0.1) is 12.2 Å². The summed E-state index contributed by atoms with van der Waals surface area (Å²) >= 11 is 0. The monoisotopic (exact) mass is 262 g/mol. The molecule has 0 fully saturated rings. The Labute approximate surface area is 110 Å². The summed E-state index contributed by atoms with van der Waals surface area (Å²) in [6.07, 6.45) is 1.49. The first-order valence-corrected chi connectivity index (χ1v) is 6.02. The van der Waals surface area contributed by atoms with E-state index in [1.807, 2.05) is 13.8 Å². The summed E-state index contributed by atoms with van der Waals surface area (Å²) in [6.45, 7) is 4.13. The van der Waals surface area contributed by atoms with Gasteiger partial charge < -0.3 is 5.11 Å². The molecule has 5 heteroatoms. The molecule has 0 bridgehead atoms. The van der Waals surface area contributed by atoms with Crippen LogP contribution in [0.1, 0.15) is 41.4 Å². The summed E-state index contributed by atoms with van der Waals surface area (Å²) in [6, 6.07) is 6.18. The summed E-state index contributed by atoms with van der Waals surface area (Å²) in [5.74, 6) is -1.28. The van der Waals surface area contributed by atoms with Crippen LogP contribution in [0, 0.1) is 5.82 Å². The molecule has 1 aromatic carbocycles. The molecule has 0 aliphatic heterocycles. The highest BCUT2D eigenvalue weighted by atomic mass is 19.1. The van der Waals surface area contributed by atoms with Crippen LogP contribution in [0.25, 0.3) is 0 Å². The molecular formula is C14H15FN2O2. The maximum atomic E-state index is 13.1. The minimum atomic E-state index is -0.991. The Morgan fingerprint density at radius 2 is 2.21 bits per heavy atom. The van der Waals surface area contributed by atoms with E-state index in [4.69, 9.17) is 5.11 Å². The second kappa shape index (κ2) is 5.22. The molecule has 19 heavy (non-hydrogen) atoms. The minimum Gasteiger partial charge on any atom is -0.478 e. The lowest BCUT2D eigenvalue weighted by molar-refractivity contribution is 0.0695. The highest BCUT2D eigenvalue weighted by molar-refractivity contribution is 5.88. The molecular weight excluding hydrogens is 247 g/mol. The van der Waals surface area contributed by atoms with Gasteiger partial charge in [0.15, 0.2) is 0 Å². The fourth-order valence-electron chi connectivity index (χ4n) is 1.93. The van der Waals surface area contributed by atoms with E-state index in [1.165, 1.54) is 23.0 Å². The smallest absolute Gasteiger partial charge is 0.339 e. The van der Waals surface area contributed by atoms with Crippen LogP contribution in [0.5, 0.6) is 0 Å². The van der Waals surface area contributed by atoms with E-state index in [0.717, 1.165) is 5.56 Å². The largest absolute Gasteiger partial charge is 0.478 e. The van der Waals surface area contributed by atoms with Crippen molar-refractivity contribution >= 4 is 5.97 Å². The predicted molar refractivity (Wildman–Crippen MR) is 68.8 cm³/mol. The van der Waals surface area contributed by atoms with Gasteiger partial charge in [-0.05, 0) is 23.6 Å². The zero-order valence-corrected chi connectivity index (χ0v) is 10.8. The van der Waals surface area contributed by atoms with Crippen LogP contribution < -0.4 is 0 Å². The number of aromatic nitrogens is 2. The molecule has 1 N–H and O–H groups in total. The molecule has 0 aliphatic carbocycles. The molecule has 0 spiro atoms. The molecule has 2 aromatic rings. The normalized spacial score (nSPS) is 10.9. The molecule has 0 radical (unpaired) electrons. The molecule has 1 heterocycles. The Morgan fingerprint density at radius 1 is 1.47 bits per heavy atom. The Hall–Kier alpha value is -2.17. The van der Waals surface area contributed by atoms with Crippen LogP contribution in [-0.2, 0) is 6.54 Å². The van der Waals surface area contributed by atoms with Crippen molar-refractivity contribution in [1.29, 1.82) is 0 Å². The second-order valence-corrected chi connectivity index (χ2v) is 4.72. The Kier molecular flexibility index (Phi) is 3.64. The molecule has 4 nitrogen and oxygen atoms in total. The van der Waals surface area contributed by atoms with Gasteiger partial charge in [0.25, 0.3) is 0 Å². The van der Waals surface area contributed by atoms with Gasteiger partial charge in [-0.1, -0.05) is 26.0 Å². The van der Waals surface area contributed by atoms with E-state index in [2.05, 4.69) is 5.10 Å². The molecule has 0 saturated carbocycles. The minimum absolute atomic E-state index is 0.0276. The molecule has 0 aliphatic rings. The van der Waals surface area contributed by atoms with Crippen LogP contribution in [-0.4, -0.2) is 20.9 Å². The number of rotatable bonds is 4. The third-order valence-electron chi connectivity index (χ3n) is 2.80. The number of carboxylic acid groups (broad SMARTS) is 1. The predicted octanol–water partition coefficient (Wildman–Crippen LogP) is 2.89. The van der Waals surface area contributed by atoms with E-state index >= 15 is 0 Å². The third-order valence-corrected chi connectivity index (χ3v) is 2.80. The zero-order chi connectivity index (χ0) is 14.0. The number of hydrogen-bond donors (Lipinski definition) is 1. The van der Waals surface area contributed by atoms with Gasteiger partial charge in [0.1, 0.15) is 11.4 Å². The highest BCUT2D eigenvalue weighted by Crippen LogP contribution is 2.18. The van der Waals surface area contributed by atoms with E-state index in [0.29, 0.717) is 12.2 Å². The van der Waals surface area contributed by atoms with Gasteiger partial charge in [-0.25, -0.2) is 9.18 Å².